The lowest BCUT2D eigenvalue weighted by atomic mass is 10.2. The molecule has 114 valence electrons. The van der Waals surface area contributed by atoms with Crippen LogP contribution in [0.4, 0.5) is 17.1 Å². The number of anilines is 3. The van der Waals surface area contributed by atoms with E-state index in [1.54, 1.807) is 12.1 Å². The lowest BCUT2D eigenvalue weighted by Gasteiger charge is -2.10. The molecule has 0 radical (unpaired) electrons. The summed E-state index contributed by atoms with van der Waals surface area (Å²) in [6, 6.07) is 14.8. The summed E-state index contributed by atoms with van der Waals surface area (Å²) in [5.74, 6) is -0.256. The summed E-state index contributed by atoms with van der Waals surface area (Å²) in [5.41, 5.74) is 3.28. The molecule has 2 aromatic rings. The molecular weight excluding hydrogens is 278 g/mol. The van der Waals surface area contributed by atoms with Gasteiger partial charge in [0.1, 0.15) is 0 Å². The largest absolute Gasteiger partial charge is 0.376 e. The van der Waals surface area contributed by atoms with Gasteiger partial charge < -0.3 is 16.0 Å². The fraction of sp³-hybridized carbons (Fsp3) is 0.176. The van der Waals surface area contributed by atoms with Gasteiger partial charge in [0, 0.05) is 24.0 Å². The Morgan fingerprint density at radius 3 is 2.41 bits per heavy atom. The average Bonchev–Trinajstić information content (AvgIpc) is 2.47. The molecule has 0 aliphatic carbocycles. The van der Waals surface area contributed by atoms with Crippen molar-refractivity contribution in [1.82, 2.24) is 0 Å². The number of carbonyl (C=O) groups excluding carboxylic acids is 2. The molecule has 0 bridgehead atoms. The van der Waals surface area contributed by atoms with Crippen molar-refractivity contribution in [3.05, 3.63) is 54.1 Å². The van der Waals surface area contributed by atoms with E-state index < -0.39 is 0 Å². The van der Waals surface area contributed by atoms with Crippen LogP contribution in [0, 0.1) is 6.92 Å². The van der Waals surface area contributed by atoms with E-state index in [9.17, 15) is 9.59 Å². The van der Waals surface area contributed by atoms with Crippen LogP contribution in [0.5, 0.6) is 0 Å². The monoisotopic (exact) mass is 297 g/mol. The molecule has 0 spiro atoms. The average molecular weight is 297 g/mol. The summed E-state index contributed by atoms with van der Waals surface area (Å²) in [6.07, 6.45) is 0. The first-order valence-corrected chi connectivity index (χ1v) is 7.01. The first-order chi connectivity index (χ1) is 10.5. The van der Waals surface area contributed by atoms with E-state index in [0.717, 1.165) is 16.9 Å². The Hall–Kier alpha value is -2.82. The molecule has 0 aliphatic heterocycles. The van der Waals surface area contributed by atoms with Gasteiger partial charge >= 0.3 is 0 Å². The van der Waals surface area contributed by atoms with Crippen molar-refractivity contribution in [2.75, 3.05) is 22.5 Å². The van der Waals surface area contributed by atoms with Crippen LogP contribution in [0.2, 0.25) is 0 Å². The Labute approximate surface area is 129 Å². The Morgan fingerprint density at radius 2 is 1.68 bits per heavy atom. The van der Waals surface area contributed by atoms with E-state index in [-0.39, 0.29) is 18.4 Å². The van der Waals surface area contributed by atoms with Gasteiger partial charge in [0.25, 0.3) is 0 Å². The maximum absolute atomic E-state index is 12.0. The topological polar surface area (TPSA) is 70.2 Å². The zero-order chi connectivity index (χ0) is 15.9. The zero-order valence-electron chi connectivity index (χ0n) is 12.6. The predicted molar refractivity (Wildman–Crippen MR) is 89.0 cm³/mol. The number of hydrogen-bond acceptors (Lipinski definition) is 3. The molecule has 0 saturated carbocycles. The lowest BCUT2D eigenvalue weighted by Crippen LogP contribution is -2.22. The lowest BCUT2D eigenvalue weighted by molar-refractivity contribution is -0.115. The third kappa shape index (κ3) is 4.63. The SMILES string of the molecule is CC(=O)Nc1cccc(NCC(=O)Nc2ccccc2C)c1. The molecule has 3 N–H and O–H groups in total. The Balaban J connectivity index is 1.91. The van der Waals surface area contributed by atoms with Crippen LogP contribution in [0.1, 0.15) is 12.5 Å². The minimum Gasteiger partial charge on any atom is -0.376 e. The number of nitrogens with one attached hydrogen (secondary N) is 3. The van der Waals surface area contributed by atoms with Crippen LogP contribution in [0.25, 0.3) is 0 Å². The van der Waals surface area contributed by atoms with Gasteiger partial charge in [-0.1, -0.05) is 24.3 Å². The summed E-state index contributed by atoms with van der Waals surface area (Å²) in [7, 11) is 0. The number of benzene rings is 2. The van der Waals surface area contributed by atoms with Gasteiger partial charge in [0.15, 0.2) is 0 Å². The molecule has 2 aromatic carbocycles. The molecule has 0 saturated heterocycles. The number of rotatable bonds is 5. The maximum atomic E-state index is 12.0. The smallest absolute Gasteiger partial charge is 0.243 e. The molecule has 5 heteroatoms. The van der Waals surface area contributed by atoms with Gasteiger partial charge in [-0.2, -0.15) is 0 Å². The number of carbonyl (C=O) groups is 2. The molecule has 2 amide bonds. The second kappa shape index (κ2) is 7.26. The summed E-state index contributed by atoms with van der Waals surface area (Å²) < 4.78 is 0. The number of hydrogen-bond donors (Lipinski definition) is 3. The van der Waals surface area contributed by atoms with Crippen LogP contribution in [0.3, 0.4) is 0 Å². The molecule has 22 heavy (non-hydrogen) atoms. The first kappa shape index (κ1) is 15.6. The zero-order valence-corrected chi connectivity index (χ0v) is 12.6. The van der Waals surface area contributed by atoms with Crippen LogP contribution >= 0.6 is 0 Å². The van der Waals surface area contributed by atoms with E-state index in [2.05, 4.69) is 16.0 Å². The minimum absolute atomic E-state index is 0.126. The molecule has 0 heterocycles. The fourth-order valence-electron chi connectivity index (χ4n) is 2.00. The van der Waals surface area contributed by atoms with Gasteiger partial charge in [-0.05, 0) is 36.8 Å². The Bertz CT molecular complexity index is 683. The minimum atomic E-state index is -0.130. The summed E-state index contributed by atoms with van der Waals surface area (Å²) in [6.45, 7) is 3.55. The van der Waals surface area contributed by atoms with Crippen LogP contribution in [0.15, 0.2) is 48.5 Å². The molecule has 5 nitrogen and oxygen atoms in total. The second-order valence-electron chi connectivity index (χ2n) is 4.98. The van der Waals surface area contributed by atoms with Crippen molar-refractivity contribution in [1.29, 1.82) is 0 Å². The summed E-state index contributed by atoms with van der Waals surface area (Å²) >= 11 is 0. The number of aryl methyl sites for hydroxylation is 1. The van der Waals surface area contributed by atoms with E-state index in [0.29, 0.717) is 5.69 Å². The van der Waals surface area contributed by atoms with Gasteiger partial charge in [0.05, 0.1) is 6.54 Å². The van der Waals surface area contributed by atoms with Crippen molar-refractivity contribution < 1.29 is 9.59 Å². The molecule has 2 rings (SSSR count). The standard InChI is InChI=1S/C17H19N3O2/c1-12-6-3-4-9-16(12)20-17(22)11-18-14-7-5-8-15(10-14)19-13(2)21/h3-10,18H,11H2,1-2H3,(H,19,21)(H,20,22). The highest BCUT2D eigenvalue weighted by atomic mass is 16.2. The highest BCUT2D eigenvalue weighted by Gasteiger charge is 2.04. The molecule has 0 aromatic heterocycles. The Kier molecular flexibility index (Phi) is 5.14. The molecular formula is C17H19N3O2. The van der Waals surface area contributed by atoms with E-state index in [4.69, 9.17) is 0 Å². The van der Waals surface area contributed by atoms with Crippen LogP contribution < -0.4 is 16.0 Å². The number of para-hydroxylation sites is 1. The predicted octanol–water partition coefficient (Wildman–Crippen LogP) is 3.00. The van der Waals surface area contributed by atoms with Crippen molar-refractivity contribution in [3.8, 4) is 0 Å². The summed E-state index contributed by atoms with van der Waals surface area (Å²) in [5, 5.41) is 8.59. The quantitative estimate of drug-likeness (QED) is 0.794. The van der Waals surface area contributed by atoms with Gasteiger partial charge in [-0.3, -0.25) is 9.59 Å². The first-order valence-electron chi connectivity index (χ1n) is 7.01. The van der Waals surface area contributed by atoms with Crippen LogP contribution in [-0.2, 0) is 9.59 Å². The van der Waals surface area contributed by atoms with Crippen molar-refractivity contribution in [2.24, 2.45) is 0 Å². The maximum Gasteiger partial charge on any atom is 0.243 e. The van der Waals surface area contributed by atoms with Crippen LogP contribution in [-0.4, -0.2) is 18.4 Å². The molecule has 0 aliphatic rings. The second-order valence-corrected chi connectivity index (χ2v) is 4.98. The van der Waals surface area contributed by atoms with Gasteiger partial charge in [0.2, 0.25) is 11.8 Å². The normalized spacial score (nSPS) is 9.91. The fourth-order valence-corrected chi connectivity index (χ4v) is 2.00. The molecule has 0 atom stereocenters. The third-order valence-corrected chi connectivity index (χ3v) is 3.06. The highest BCUT2D eigenvalue weighted by Crippen LogP contribution is 2.15. The van der Waals surface area contributed by atoms with Crippen molar-refractivity contribution in [3.63, 3.8) is 0 Å². The van der Waals surface area contributed by atoms with Gasteiger partial charge in [-0.15, -0.1) is 0 Å². The molecule has 0 fully saturated rings. The summed E-state index contributed by atoms with van der Waals surface area (Å²) in [4.78, 5) is 23.0. The van der Waals surface area contributed by atoms with E-state index >= 15 is 0 Å². The molecule has 0 unspecified atom stereocenters. The van der Waals surface area contributed by atoms with Gasteiger partial charge in [-0.25, -0.2) is 0 Å². The van der Waals surface area contributed by atoms with E-state index in [1.165, 1.54) is 6.92 Å². The van der Waals surface area contributed by atoms with Crippen molar-refractivity contribution >= 4 is 28.9 Å². The van der Waals surface area contributed by atoms with E-state index in [1.807, 2.05) is 43.3 Å². The van der Waals surface area contributed by atoms with Crippen molar-refractivity contribution in [2.45, 2.75) is 13.8 Å². The Morgan fingerprint density at radius 1 is 0.955 bits per heavy atom. The third-order valence-electron chi connectivity index (χ3n) is 3.06. The highest BCUT2D eigenvalue weighted by molar-refractivity contribution is 5.94. The number of amides is 2.